The van der Waals surface area contributed by atoms with E-state index < -0.39 is 0 Å². The second-order valence-electron chi connectivity index (χ2n) is 5.28. The van der Waals surface area contributed by atoms with E-state index in [9.17, 15) is 0 Å². The summed E-state index contributed by atoms with van der Waals surface area (Å²) in [5.41, 5.74) is 10.2. The molecule has 0 aliphatic heterocycles. The van der Waals surface area contributed by atoms with E-state index in [2.05, 4.69) is 43.9 Å². The predicted octanol–water partition coefficient (Wildman–Crippen LogP) is 5.09. The van der Waals surface area contributed by atoms with Crippen LogP contribution in [0, 0.1) is 0 Å². The third-order valence-corrected chi connectivity index (χ3v) is 4.55. The highest BCUT2D eigenvalue weighted by Crippen LogP contribution is 2.34. The molecule has 3 N–H and O–H groups in total. The summed E-state index contributed by atoms with van der Waals surface area (Å²) in [6.07, 6.45) is 5.61. The SMILES string of the molecule is CCCc1cc(-c2ncc(-c3cc(Br)c(N)cc3Cl)[nH]2)ccn1. The van der Waals surface area contributed by atoms with Gasteiger partial charge in [0.25, 0.3) is 0 Å². The van der Waals surface area contributed by atoms with E-state index in [0.717, 1.165) is 45.7 Å². The Morgan fingerprint density at radius 3 is 2.87 bits per heavy atom. The van der Waals surface area contributed by atoms with Gasteiger partial charge < -0.3 is 10.7 Å². The molecular formula is C17H16BrClN4. The first-order chi connectivity index (χ1) is 11.1. The van der Waals surface area contributed by atoms with Crippen LogP contribution in [0.1, 0.15) is 19.0 Å². The maximum atomic E-state index is 6.30. The summed E-state index contributed by atoms with van der Waals surface area (Å²) in [5.74, 6) is 0.795. The lowest BCUT2D eigenvalue weighted by molar-refractivity contribution is 0.883. The molecule has 0 radical (unpaired) electrons. The minimum Gasteiger partial charge on any atom is -0.398 e. The topological polar surface area (TPSA) is 67.6 Å². The van der Waals surface area contributed by atoms with Crippen LogP contribution in [0.25, 0.3) is 22.6 Å². The summed E-state index contributed by atoms with van der Waals surface area (Å²) in [4.78, 5) is 12.2. The molecule has 0 amide bonds. The van der Waals surface area contributed by atoms with Crippen molar-refractivity contribution in [1.29, 1.82) is 0 Å². The van der Waals surface area contributed by atoms with Crippen LogP contribution in [-0.4, -0.2) is 15.0 Å². The van der Waals surface area contributed by atoms with E-state index in [4.69, 9.17) is 17.3 Å². The molecule has 0 fully saturated rings. The lowest BCUT2D eigenvalue weighted by Gasteiger charge is -2.05. The van der Waals surface area contributed by atoms with Crippen molar-refractivity contribution in [2.45, 2.75) is 19.8 Å². The fourth-order valence-corrected chi connectivity index (χ4v) is 3.01. The number of halogens is 2. The molecule has 23 heavy (non-hydrogen) atoms. The third kappa shape index (κ3) is 3.41. The van der Waals surface area contributed by atoms with Crippen molar-refractivity contribution >= 4 is 33.2 Å². The zero-order chi connectivity index (χ0) is 16.4. The normalized spacial score (nSPS) is 10.9. The van der Waals surface area contributed by atoms with Gasteiger partial charge in [-0.3, -0.25) is 4.98 Å². The monoisotopic (exact) mass is 390 g/mol. The van der Waals surface area contributed by atoms with E-state index in [1.165, 1.54) is 0 Å². The van der Waals surface area contributed by atoms with E-state index >= 15 is 0 Å². The number of imidazole rings is 1. The maximum absolute atomic E-state index is 6.30. The number of benzene rings is 1. The van der Waals surface area contributed by atoms with Gasteiger partial charge in [-0.25, -0.2) is 4.98 Å². The zero-order valence-corrected chi connectivity index (χ0v) is 14.9. The molecule has 0 spiro atoms. The number of hydrogen-bond acceptors (Lipinski definition) is 3. The maximum Gasteiger partial charge on any atom is 0.137 e. The van der Waals surface area contributed by atoms with Gasteiger partial charge in [-0.2, -0.15) is 0 Å². The second-order valence-corrected chi connectivity index (χ2v) is 6.55. The van der Waals surface area contributed by atoms with Gasteiger partial charge in [0.2, 0.25) is 0 Å². The van der Waals surface area contributed by atoms with Crippen molar-refractivity contribution in [2.75, 3.05) is 5.73 Å². The smallest absolute Gasteiger partial charge is 0.137 e. The molecule has 1 aromatic carbocycles. The molecule has 2 aromatic heterocycles. The number of nitrogen functional groups attached to an aromatic ring is 1. The van der Waals surface area contributed by atoms with Crippen molar-refractivity contribution in [3.8, 4) is 22.6 Å². The summed E-state index contributed by atoms with van der Waals surface area (Å²) in [6, 6.07) is 7.63. The molecule has 4 nitrogen and oxygen atoms in total. The van der Waals surface area contributed by atoms with Crippen LogP contribution in [0.15, 0.2) is 41.1 Å². The Morgan fingerprint density at radius 1 is 1.26 bits per heavy atom. The first-order valence-electron chi connectivity index (χ1n) is 7.33. The molecule has 3 aromatic rings. The number of rotatable bonds is 4. The number of aromatic amines is 1. The van der Waals surface area contributed by atoms with Crippen LogP contribution >= 0.6 is 27.5 Å². The standard InChI is InChI=1S/C17H16BrClN4/c1-2-3-11-6-10(4-5-21-11)17-22-9-16(23-17)12-7-13(18)15(20)8-14(12)19/h4-9H,2-3,20H2,1H3,(H,22,23). The molecule has 2 heterocycles. The molecule has 0 aliphatic carbocycles. The van der Waals surface area contributed by atoms with Crippen molar-refractivity contribution in [1.82, 2.24) is 15.0 Å². The van der Waals surface area contributed by atoms with Gasteiger partial charge in [-0.05, 0) is 46.6 Å². The Bertz CT molecular complexity index is 844. The average molecular weight is 392 g/mol. The molecule has 0 unspecified atom stereocenters. The Hall–Kier alpha value is -1.85. The molecular weight excluding hydrogens is 376 g/mol. The van der Waals surface area contributed by atoms with Crippen LogP contribution in [0.5, 0.6) is 0 Å². The van der Waals surface area contributed by atoms with Crippen molar-refractivity contribution < 1.29 is 0 Å². The number of nitrogens with two attached hydrogens (primary N) is 1. The summed E-state index contributed by atoms with van der Waals surface area (Å²) >= 11 is 9.73. The quantitative estimate of drug-likeness (QED) is 0.609. The highest BCUT2D eigenvalue weighted by Gasteiger charge is 2.11. The first kappa shape index (κ1) is 16.0. The van der Waals surface area contributed by atoms with Crippen molar-refractivity contribution in [2.24, 2.45) is 0 Å². The number of H-pyrrole nitrogens is 1. The summed E-state index contributed by atoms with van der Waals surface area (Å²) in [7, 11) is 0. The number of anilines is 1. The Labute approximate surface area is 148 Å². The summed E-state index contributed by atoms with van der Waals surface area (Å²) in [6.45, 7) is 2.14. The van der Waals surface area contributed by atoms with Crippen LogP contribution in [0.4, 0.5) is 5.69 Å². The molecule has 0 saturated heterocycles. The van der Waals surface area contributed by atoms with Gasteiger partial charge in [-0.1, -0.05) is 24.9 Å². The minimum atomic E-state index is 0.585. The lowest BCUT2D eigenvalue weighted by Crippen LogP contribution is -1.91. The molecule has 0 atom stereocenters. The van der Waals surface area contributed by atoms with Crippen LogP contribution in [-0.2, 0) is 6.42 Å². The van der Waals surface area contributed by atoms with Crippen LogP contribution in [0.2, 0.25) is 5.02 Å². The summed E-state index contributed by atoms with van der Waals surface area (Å²) in [5, 5.41) is 0.585. The number of pyridine rings is 1. The van der Waals surface area contributed by atoms with Crippen LogP contribution in [0.3, 0.4) is 0 Å². The van der Waals surface area contributed by atoms with E-state index in [0.29, 0.717) is 10.7 Å². The van der Waals surface area contributed by atoms with Gasteiger partial charge in [0, 0.05) is 33.2 Å². The number of aromatic nitrogens is 3. The molecule has 0 bridgehead atoms. The molecule has 118 valence electrons. The molecule has 6 heteroatoms. The fraction of sp³-hybridized carbons (Fsp3) is 0.176. The van der Waals surface area contributed by atoms with Gasteiger partial charge in [0.15, 0.2) is 0 Å². The fourth-order valence-electron chi connectivity index (χ4n) is 2.39. The second kappa shape index (κ2) is 6.72. The van der Waals surface area contributed by atoms with Gasteiger partial charge in [0.1, 0.15) is 5.82 Å². The minimum absolute atomic E-state index is 0.585. The highest BCUT2D eigenvalue weighted by molar-refractivity contribution is 9.10. The van der Waals surface area contributed by atoms with E-state index in [1.54, 1.807) is 12.3 Å². The number of aryl methyl sites for hydroxylation is 1. The third-order valence-electron chi connectivity index (χ3n) is 3.55. The predicted molar refractivity (Wildman–Crippen MR) is 98.4 cm³/mol. The van der Waals surface area contributed by atoms with Gasteiger partial charge >= 0.3 is 0 Å². The average Bonchev–Trinajstić information content (AvgIpc) is 3.01. The number of nitrogens with zero attached hydrogens (tertiary/aromatic N) is 2. The van der Waals surface area contributed by atoms with Crippen molar-refractivity contribution in [3.05, 3.63) is 51.8 Å². The lowest BCUT2D eigenvalue weighted by atomic mass is 10.1. The largest absolute Gasteiger partial charge is 0.398 e. The van der Waals surface area contributed by atoms with E-state index in [-0.39, 0.29) is 0 Å². The zero-order valence-electron chi connectivity index (χ0n) is 12.6. The first-order valence-corrected chi connectivity index (χ1v) is 8.50. The number of hydrogen-bond donors (Lipinski definition) is 2. The Morgan fingerprint density at radius 2 is 2.09 bits per heavy atom. The Balaban J connectivity index is 1.98. The molecule has 0 saturated carbocycles. The van der Waals surface area contributed by atoms with Crippen LogP contribution < -0.4 is 5.73 Å². The number of nitrogens with one attached hydrogen (secondary N) is 1. The van der Waals surface area contributed by atoms with Crippen molar-refractivity contribution in [3.63, 3.8) is 0 Å². The Kier molecular flexibility index (Phi) is 4.68. The summed E-state index contributed by atoms with van der Waals surface area (Å²) < 4.78 is 0.808. The highest BCUT2D eigenvalue weighted by atomic mass is 79.9. The van der Waals surface area contributed by atoms with Gasteiger partial charge in [0.05, 0.1) is 16.9 Å². The molecule has 3 rings (SSSR count). The van der Waals surface area contributed by atoms with E-state index in [1.807, 2.05) is 18.3 Å². The van der Waals surface area contributed by atoms with Gasteiger partial charge in [-0.15, -0.1) is 0 Å². The molecule has 0 aliphatic rings.